The fourth-order valence-electron chi connectivity index (χ4n) is 2.69. The second kappa shape index (κ2) is 7.62. The normalized spacial score (nSPS) is 12.6. The van der Waals surface area contributed by atoms with Crippen LogP contribution in [0.15, 0.2) is 30.3 Å². The number of halogens is 1. The molecule has 0 bridgehead atoms. The largest absolute Gasteiger partial charge is 0.317 e. The summed E-state index contributed by atoms with van der Waals surface area (Å²) in [6.07, 6.45) is 1.99. The minimum Gasteiger partial charge on any atom is -0.317 e. The first-order chi connectivity index (χ1) is 10.1. The van der Waals surface area contributed by atoms with Crippen LogP contribution in [0.2, 0.25) is 5.02 Å². The summed E-state index contributed by atoms with van der Waals surface area (Å²) in [6, 6.07) is 10.3. The highest BCUT2D eigenvalue weighted by molar-refractivity contribution is 6.31. The molecule has 1 atom stereocenters. The van der Waals surface area contributed by atoms with Crippen LogP contribution in [0.3, 0.4) is 0 Å². The van der Waals surface area contributed by atoms with Crippen molar-refractivity contribution in [3.8, 4) is 0 Å². The van der Waals surface area contributed by atoms with Crippen LogP contribution in [0.1, 0.15) is 23.9 Å². The number of aryl methyl sites for hydroxylation is 2. The summed E-state index contributed by atoms with van der Waals surface area (Å²) < 4.78 is 1.99. The van der Waals surface area contributed by atoms with Gasteiger partial charge in [0.15, 0.2) is 0 Å². The monoisotopic (exact) mass is 305 g/mol. The average molecular weight is 306 g/mol. The maximum atomic E-state index is 6.30. The Balaban J connectivity index is 2.11. The van der Waals surface area contributed by atoms with Crippen molar-refractivity contribution in [3.05, 3.63) is 52.3 Å². The minimum absolute atomic E-state index is 0.514. The van der Waals surface area contributed by atoms with Crippen molar-refractivity contribution in [2.45, 2.75) is 26.7 Å². The summed E-state index contributed by atoms with van der Waals surface area (Å²) in [5, 5.41) is 8.76. The van der Waals surface area contributed by atoms with Gasteiger partial charge in [-0.25, -0.2) is 0 Å². The molecule has 1 aromatic carbocycles. The van der Waals surface area contributed by atoms with Gasteiger partial charge in [0.05, 0.1) is 5.69 Å². The molecule has 0 fully saturated rings. The van der Waals surface area contributed by atoms with Gasteiger partial charge in [-0.15, -0.1) is 0 Å². The highest BCUT2D eigenvalue weighted by Gasteiger charge is 2.14. The zero-order valence-electron chi connectivity index (χ0n) is 13.1. The molecular weight excluding hydrogens is 282 g/mol. The molecule has 0 aliphatic heterocycles. The first kappa shape index (κ1) is 16.1. The molecule has 0 radical (unpaired) electrons. The third kappa shape index (κ3) is 4.58. The van der Waals surface area contributed by atoms with Crippen LogP contribution in [-0.2, 0) is 19.9 Å². The molecule has 1 unspecified atom stereocenters. The lowest BCUT2D eigenvalue weighted by Crippen LogP contribution is -2.26. The summed E-state index contributed by atoms with van der Waals surface area (Å²) in [5.74, 6) is 0.514. The van der Waals surface area contributed by atoms with Gasteiger partial charge in [0.1, 0.15) is 0 Å². The molecule has 114 valence electrons. The van der Waals surface area contributed by atoms with Gasteiger partial charge >= 0.3 is 0 Å². The van der Waals surface area contributed by atoms with Crippen molar-refractivity contribution in [2.75, 3.05) is 13.1 Å². The van der Waals surface area contributed by atoms with Crippen LogP contribution < -0.4 is 5.32 Å². The molecule has 21 heavy (non-hydrogen) atoms. The van der Waals surface area contributed by atoms with Gasteiger partial charge in [-0.1, -0.05) is 36.7 Å². The second-order valence-electron chi connectivity index (χ2n) is 5.57. The summed E-state index contributed by atoms with van der Waals surface area (Å²) in [5.41, 5.74) is 3.58. The van der Waals surface area contributed by atoms with E-state index in [0.29, 0.717) is 5.92 Å². The Kier molecular flexibility index (Phi) is 5.83. The second-order valence-corrected chi connectivity index (χ2v) is 5.98. The zero-order chi connectivity index (χ0) is 15.2. The van der Waals surface area contributed by atoms with Crippen molar-refractivity contribution >= 4 is 11.6 Å². The van der Waals surface area contributed by atoms with Crippen LogP contribution in [0, 0.1) is 12.8 Å². The Hall–Kier alpha value is -1.32. The van der Waals surface area contributed by atoms with Gasteiger partial charge in [-0.3, -0.25) is 4.68 Å². The van der Waals surface area contributed by atoms with Crippen molar-refractivity contribution in [1.82, 2.24) is 15.1 Å². The van der Waals surface area contributed by atoms with E-state index in [2.05, 4.69) is 35.5 Å². The quantitative estimate of drug-likeness (QED) is 0.850. The summed E-state index contributed by atoms with van der Waals surface area (Å²) in [6.45, 7) is 6.16. The predicted molar refractivity (Wildman–Crippen MR) is 88.8 cm³/mol. The van der Waals surface area contributed by atoms with E-state index in [0.717, 1.165) is 36.6 Å². The lowest BCUT2D eigenvalue weighted by atomic mass is 9.94. The molecule has 0 aliphatic rings. The number of nitrogens with one attached hydrogen (secondary N) is 1. The van der Waals surface area contributed by atoms with Gasteiger partial charge in [0, 0.05) is 17.8 Å². The highest BCUT2D eigenvalue weighted by atomic mass is 35.5. The smallest absolute Gasteiger partial charge is 0.0596 e. The van der Waals surface area contributed by atoms with E-state index in [-0.39, 0.29) is 0 Å². The van der Waals surface area contributed by atoms with E-state index in [1.54, 1.807) is 0 Å². The summed E-state index contributed by atoms with van der Waals surface area (Å²) in [7, 11) is 2.02. The number of rotatable bonds is 7. The third-order valence-corrected chi connectivity index (χ3v) is 4.11. The first-order valence-electron chi connectivity index (χ1n) is 7.53. The maximum Gasteiger partial charge on any atom is 0.0596 e. The van der Waals surface area contributed by atoms with Crippen molar-refractivity contribution < 1.29 is 0 Å². The van der Waals surface area contributed by atoms with Gasteiger partial charge in [0.2, 0.25) is 0 Å². The average Bonchev–Trinajstić information content (AvgIpc) is 2.76. The highest BCUT2D eigenvalue weighted by Crippen LogP contribution is 2.21. The zero-order valence-corrected chi connectivity index (χ0v) is 13.8. The predicted octanol–water partition coefficient (Wildman–Crippen LogP) is 3.39. The molecule has 1 aromatic heterocycles. The van der Waals surface area contributed by atoms with E-state index in [1.165, 1.54) is 11.3 Å². The molecule has 1 N–H and O–H groups in total. The fourth-order valence-corrected chi connectivity index (χ4v) is 2.90. The van der Waals surface area contributed by atoms with Gasteiger partial charge < -0.3 is 5.32 Å². The third-order valence-electron chi connectivity index (χ3n) is 3.75. The van der Waals surface area contributed by atoms with Crippen molar-refractivity contribution in [2.24, 2.45) is 13.0 Å². The molecule has 0 saturated carbocycles. The number of nitrogens with zero attached hydrogens (tertiary/aromatic N) is 2. The van der Waals surface area contributed by atoms with Crippen LogP contribution in [0.25, 0.3) is 0 Å². The molecule has 0 spiro atoms. The van der Waals surface area contributed by atoms with Crippen LogP contribution in [0.5, 0.6) is 0 Å². The Morgan fingerprint density at radius 1 is 1.29 bits per heavy atom. The topological polar surface area (TPSA) is 29.9 Å². The SMILES string of the molecule is CCNCC(Cc1ccccc1Cl)Cc1cc(C)nn1C. The molecule has 1 heterocycles. The number of hydrogen-bond donors (Lipinski definition) is 1. The first-order valence-corrected chi connectivity index (χ1v) is 7.91. The van der Waals surface area contributed by atoms with Gasteiger partial charge in [0.25, 0.3) is 0 Å². The van der Waals surface area contributed by atoms with E-state index in [9.17, 15) is 0 Å². The van der Waals surface area contributed by atoms with E-state index in [1.807, 2.05) is 30.8 Å². The van der Waals surface area contributed by atoms with Crippen molar-refractivity contribution in [3.63, 3.8) is 0 Å². The maximum absolute atomic E-state index is 6.30. The lowest BCUT2D eigenvalue weighted by Gasteiger charge is -2.18. The Morgan fingerprint density at radius 2 is 2.05 bits per heavy atom. The molecule has 3 nitrogen and oxygen atoms in total. The van der Waals surface area contributed by atoms with Gasteiger partial charge in [-0.05, 0) is 56.5 Å². The van der Waals surface area contributed by atoms with Crippen molar-refractivity contribution in [1.29, 1.82) is 0 Å². The lowest BCUT2D eigenvalue weighted by molar-refractivity contribution is 0.464. The standard InChI is InChI=1S/C17H24ClN3/c1-4-19-12-14(10-15-7-5-6-8-17(15)18)11-16-9-13(2)20-21(16)3/h5-9,14,19H,4,10-12H2,1-3H3. The van der Waals surface area contributed by atoms with E-state index < -0.39 is 0 Å². The molecule has 4 heteroatoms. The Morgan fingerprint density at radius 3 is 2.67 bits per heavy atom. The van der Waals surface area contributed by atoms with Crippen LogP contribution in [0.4, 0.5) is 0 Å². The van der Waals surface area contributed by atoms with Crippen LogP contribution >= 0.6 is 11.6 Å². The number of hydrogen-bond acceptors (Lipinski definition) is 2. The van der Waals surface area contributed by atoms with E-state index in [4.69, 9.17) is 11.6 Å². The molecule has 0 aliphatic carbocycles. The molecule has 0 amide bonds. The van der Waals surface area contributed by atoms with E-state index >= 15 is 0 Å². The minimum atomic E-state index is 0.514. The Bertz CT molecular complexity index is 577. The molecular formula is C17H24ClN3. The Labute approximate surface area is 132 Å². The number of benzene rings is 1. The fraction of sp³-hybridized carbons (Fsp3) is 0.471. The summed E-state index contributed by atoms with van der Waals surface area (Å²) >= 11 is 6.30. The van der Waals surface area contributed by atoms with Crippen LogP contribution in [-0.4, -0.2) is 22.9 Å². The summed E-state index contributed by atoms with van der Waals surface area (Å²) in [4.78, 5) is 0. The molecule has 2 rings (SSSR count). The molecule has 2 aromatic rings. The number of aromatic nitrogens is 2. The molecule has 0 saturated heterocycles. The van der Waals surface area contributed by atoms with Gasteiger partial charge in [-0.2, -0.15) is 5.10 Å².